The van der Waals surface area contributed by atoms with Crippen molar-refractivity contribution in [3.05, 3.63) is 27.2 Å². The molecule has 0 radical (unpaired) electrons. The highest BCUT2D eigenvalue weighted by Gasteiger charge is 2.17. The maximum Gasteiger partial charge on any atom is 0.134 e. The Kier molecular flexibility index (Phi) is 6.19. The molecule has 1 aliphatic rings. The van der Waals surface area contributed by atoms with Gasteiger partial charge in [0, 0.05) is 17.1 Å². The van der Waals surface area contributed by atoms with E-state index in [1.807, 2.05) is 6.07 Å². The lowest BCUT2D eigenvalue weighted by atomic mass is 9.81. The Hall–Kier alpha value is -0.250. The minimum Gasteiger partial charge on any atom is -0.506 e. The van der Waals surface area contributed by atoms with Crippen LogP contribution in [0.1, 0.15) is 44.6 Å². The van der Waals surface area contributed by atoms with Gasteiger partial charge in [0.25, 0.3) is 0 Å². The maximum absolute atomic E-state index is 9.95. The summed E-state index contributed by atoms with van der Waals surface area (Å²) in [5.74, 6) is 2.08. The molecule has 0 heterocycles. The fourth-order valence-corrected chi connectivity index (χ4v) is 3.77. The molecule has 20 heavy (non-hydrogen) atoms. The van der Waals surface area contributed by atoms with Gasteiger partial charge >= 0.3 is 0 Å². The molecule has 1 aromatic rings. The second kappa shape index (κ2) is 7.67. The Morgan fingerprint density at radius 1 is 1.30 bits per heavy atom. The van der Waals surface area contributed by atoms with E-state index in [9.17, 15) is 5.11 Å². The van der Waals surface area contributed by atoms with Crippen LogP contribution in [0, 0.1) is 11.8 Å². The number of phenolic OH excluding ortho intramolecular Hbond substituents is 1. The first kappa shape index (κ1) is 16.1. The number of nitrogens with one attached hydrogen (secondary N) is 1. The van der Waals surface area contributed by atoms with Gasteiger partial charge in [0.15, 0.2) is 0 Å². The Balaban J connectivity index is 1.73. The zero-order valence-corrected chi connectivity index (χ0v) is 14.3. The van der Waals surface area contributed by atoms with Crippen LogP contribution in [0.4, 0.5) is 0 Å². The smallest absolute Gasteiger partial charge is 0.134 e. The number of aromatic hydroxyl groups is 1. The first-order chi connectivity index (χ1) is 9.56. The number of phenols is 1. The zero-order chi connectivity index (χ0) is 14.5. The summed E-state index contributed by atoms with van der Waals surface area (Å²) in [6.45, 7) is 4.02. The molecule has 2 N–H and O–H groups in total. The molecule has 1 fully saturated rings. The Morgan fingerprint density at radius 2 is 2.00 bits per heavy atom. The summed E-state index contributed by atoms with van der Waals surface area (Å²) in [7, 11) is 0. The molecule has 0 saturated heterocycles. The van der Waals surface area contributed by atoms with Gasteiger partial charge in [-0.1, -0.05) is 44.2 Å². The number of halogens is 2. The van der Waals surface area contributed by atoms with Crippen molar-refractivity contribution in [3.63, 3.8) is 0 Å². The molecule has 0 spiro atoms. The van der Waals surface area contributed by atoms with E-state index in [0.29, 0.717) is 16.0 Å². The Labute approximate surface area is 135 Å². The molecule has 0 unspecified atom stereocenters. The second-order valence-corrected chi connectivity index (χ2v) is 7.28. The van der Waals surface area contributed by atoms with Gasteiger partial charge in [-0.05, 0) is 52.9 Å². The minimum atomic E-state index is 0.286. The lowest BCUT2D eigenvalue weighted by Gasteiger charge is -2.26. The van der Waals surface area contributed by atoms with Crippen LogP contribution in [0.5, 0.6) is 5.75 Å². The number of hydrogen-bond acceptors (Lipinski definition) is 2. The number of benzene rings is 1. The van der Waals surface area contributed by atoms with Crippen LogP contribution in [0.3, 0.4) is 0 Å². The average molecular weight is 361 g/mol. The van der Waals surface area contributed by atoms with Crippen LogP contribution in [0.2, 0.25) is 5.02 Å². The molecule has 0 atom stereocenters. The van der Waals surface area contributed by atoms with Crippen molar-refractivity contribution in [2.24, 2.45) is 11.8 Å². The lowest BCUT2D eigenvalue weighted by molar-refractivity contribution is 0.275. The summed E-state index contributed by atoms with van der Waals surface area (Å²) < 4.78 is 0.656. The monoisotopic (exact) mass is 359 g/mol. The summed E-state index contributed by atoms with van der Waals surface area (Å²) >= 11 is 9.31. The molecule has 1 saturated carbocycles. The van der Waals surface area contributed by atoms with Crippen LogP contribution in [0.15, 0.2) is 16.6 Å². The molecule has 2 rings (SSSR count). The quantitative estimate of drug-likeness (QED) is 0.715. The summed E-state index contributed by atoms with van der Waals surface area (Å²) in [5, 5.41) is 14.0. The summed E-state index contributed by atoms with van der Waals surface area (Å²) in [6.07, 6.45) is 6.74. The standard InChI is InChI=1S/C16H23BrClNO/c1-11-2-4-12(5-3-11)6-7-19-10-13-8-14(18)9-15(17)16(13)20/h8-9,11-12,19-20H,2-7,10H2,1H3. The normalized spacial score (nSPS) is 22.9. The molecular formula is C16H23BrClNO. The third kappa shape index (κ3) is 4.64. The van der Waals surface area contributed by atoms with Crippen LogP contribution in [-0.4, -0.2) is 11.7 Å². The van der Waals surface area contributed by atoms with Crippen molar-refractivity contribution in [1.29, 1.82) is 0 Å². The third-order valence-electron chi connectivity index (χ3n) is 4.29. The molecule has 0 bridgehead atoms. The zero-order valence-electron chi connectivity index (χ0n) is 12.0. The van der Waals surface area contributed by atoms with Crippen molar-refractivity contribution >= 4 is 27.5 Å². The van der Waals surface area contributed by atoms with Gasteiger partial charge < -0.3 is 10.4 Å². The average Bonchev–Trinajstić information content (AvgIpc) is 2.42. The fourth-order valence-electron chi connectivity index (χ4n) is 2.90. The van der Waals surface area contributed by atoms with Crippen molar-refractivity contribution in [1.82, 2.24) is 5.32 Å². The predicted molar refractivity (Wildman–Crippen MR) is 88.3 cm³/mol. The van der Waals surface area contributed by atoms with Gasteiger partial charge in [0.2, 0.25) is 0 Å². The maximum atomic E-state index is 9.95. The summed E-state index contributed by atoms with van der Waals surface area (Å²) in [4.78, 5) is 0. The number of hydrogen-bond donors (Lipinski definition) is 2. The van der Waals surface area contributed by atoms with Gasteiger partial charge in [-0.3, -0.25) is 0 Å². The van der Waals surface area contributed by atoms with E-state index < -0.39 is 0 Å². The highest BCUT2D eigenvalue weighted by atomic mass is 79.9. The van der Waals surface area contributed by atoms with Crippen molar-refractivity contribution in [3.8, 4) is 5.75 Å². The van der Waals surface area contributed by atoms with Gasteiger partial charge in [-0.25, -0.2) is 0 Å². The van der Waals surface area contributed by atoms with Crippen LogP contribution < -0.4 is 5.32 Å². The Bertz CT molecular complexity index is 444. The largest absolute Gasteiger partial charge is 0.506 e. The molecule has 0 aromatic heterocycles. The molecule has 112 valence electrons. The van der Waals surface area contributed by atoms with E-state index in [1.165, 1.54) is 32.1 Å². The first-order valence-electron chi connectivity index (χ1n) is 7.44. The Morgan fingerprint density at radius 3 is 2.70 bits per heavy atom. The highest BCUT2D eigenvalue weighted by Crippen LogP contribution is 2.32. The van der Waals surface area contributed by atoms with Crippen molar-refractivity contribution in [2.45, 2.75) is 45.6 Å². The van der Waals surface area contributed by atoms with E-state index in [0.717, 1.165) is 23.9 Å². The van der Waals surface area contributed by atoms with Gasteiger partial charge in [0.05, 0.1) is 4.47 Å². The molecule has 0 amide bonds. The molecule has 0 aliphatic heterocycles. The van der Waals surface area contributed by atoms with Crippen LogP contribution in [0.25, 0.3) is 0 Å². The van der Waals surface area contributed by atoms with E-state index in [-0.39, 0.29) is 5.75 Å². The minimum absolute atomic E-state index is 0.286. The molecule has 1 aliphatic carbocycles. The van der Waals surface area contributed by atoms with Crippen LogP contribution in [-0.2, 0) is 6.54 Å². The predicted octanol–water partition coefficient (Wildman–Crippen LogP) is 5.11. The summed E-state index contributed by atoms with van der Waals surface area (Å²) in [6, 6.07) is 3.53. The fraction of sp³-hybridized carbons (Fsp3) is 0.625. The van der Waals surface area contributed by atoms with E-state index in [2.05, 4.69) is 28.2 Å². The van der Waals surface area contributed by atoms with Crippen LogP contribution >= 0.6 is 27.5 Å². The molecule has 1 aromatic carbocycles. The third-order valence-corrected chi connectivity index (χ3v) is 5.11. The summed E-state index contributed by atoms with van der Waals surface area (Å²) in [5.41, 5.74) is 0.849. The van der Waals surface area contributed by atoms with Gasteiger partial charge in [-0.2, -0.15) is 0 Å². The number of rotatable bonds is 5. The highest BCUT2D eigenvalue weighted by molar-refractivity contribution is 9.10. The first-order valence-corrected chi connectivity index (χ1v) is 8.61. The molecule has 4 heteroatoms. The molecular weight excluding hydrogens is 338 g/mol. The topological polar surface area (TPSA) is 32.3 Å². The van der Waals surface area contributed by atoms with Crippen molar-refractivity contribution < 1.29 is 5.11 Å². The van der Waals surface area contributed by atoms with E-state index in [4.69, 9.17) is 11.6 Å². The van der Waals surface area contributed by atoms with Gasteiger partial charge in [0.1, 0.15) is 5.75 Å². The SMILES string of the molecule is CC1CCC(CCNCc2cc(Cl)cc(Br)c2O)CC1. The van der Waals surface area contributed by atoms with Gasteiger partial charge in [-0.15, -0.1) is 0 Å². The second-order valence-electron chi connectivity index (χ2n) is 5.99. The van der Waals surface area contributed by atoms with E-state index in [1.54, 1.807) is 6.07 Å². The lowest BCUT2D eigenvalue weighted by Crippen LogP contribution is -2.20. The van der Waals surface area contributed by atoms with Crippen molar-refractivity contribution in [2.75, 3.05) is 6.54 Å². The molecule has 2 nitrogen and oxygen atoms in total. The van der Waals surface area contributed by atoms with E-state index >= 15 is 0 Å².